The Kier molecular flexibility index (Phi) is 6.10. The molecule has 0 aromatic heterocycles. The second-order valence-electron chi connectivity index (χ2n) is 7.17. The molecule has 2 aliphatic rings. The fraction of sp³-hybridized carbons (Fsp3) is 0.611. The SMILES string of the molecule is C[C@@H]1CCCC[C@H]1NC(=O)N1CCN(S(=O)(=O)c2cccc(Cl)c2)CC1. The molecule has 3 rings (SSSR count). The third-order valence-corrected chi connectivity index (χ3v) is 7.51. The lowest BCUT2D eigenvalue weighted by molar-refractivity contribution is 0.161. The number of sulfonamides is 1. The first-order valence-corrected chi connectivity index (χ1v) is 11.0. The van der Waals surface area contributed by atoms with Gasteiger partial charge in [-0.3, -0.25) is 0 Å². The van der Waals surface area contributed by atoms with Crippen LogP contribution < -0.4 is 5.32 Å². The number of amides is 2. The summed E-state index contributed by atoms with van der Waals surface area (Å²) in [5.74, 6) is 0.497. The zero-order chi connectivity index (χ0) is 18.7. The summed E-state index contributed by atoms with van der Waals surface area (Å²) in [6, 6.07) is 6.43. The fourth-order valence-corrected chi connectivity index (χ4v) is 5.41. The van der Waals surface area contributed by atoms with Gasteiger partial charge < -0.3 is 10.2 Å². The van der Waals surface area contributed by atoms with E-state index in [-0.39, 0.29) is 17.0 Å². The number of hydrogen-bond donors (Lipinski definition) is 1. The fourth-order valence-electron chi connectivity index (χ4n) is 3.69. The number of hydrogen-bond acceptors (Lipinski definition) is 3. The van der Waals surface area contributed by atoms with Crippen molar-refractivity contribution in [2.24, 2.45) is 5.92 Å². The van der Waals surface area contributed by atoms with Gasteiger partial charge >= 0.3 is 6.03 Å². The van der Waals surface area contributed by atoms with E-state index in [0.717, 1.165) is 19.3 Å². The average Bonchev–Trinajstić information content (AvgIpc) is 2.63. The Morgan fingerprint density at radius 2 is 1.85 bits per heavy atom. The highest BCUT2D eigenvalue weighted by Crippen LogP contribution is 2.24. The normalized spacial score (nSPS) is 25.1. The summed E-state index contributed by atoms with van der Waals surface area (Å²) in [6.45, 7) is 3.56. The summed E-state index contributed by atoms with van der Waals surface area (Å²) in [7, 11) is -3.58. The molecule has 0 spiro atoms. The van der Waals surface area contributed by atoms with E-state index in [1.165, 1.54) is 16.8 Å². The molecular weight excluding hydrogens is 374 g/mol. The van der Waals surface area contributed by atoms with Crippen LogP contribution in [0.3, 0.4) is 0 Å². The van der Waals surface area contributed by atoms with Crippen LogP contribution in [0.25, 0.3) is 0 Å². The van der Waals surface area contributed by atoms with Gasteiger partial charge in [0.05, 0.1) is 4.90 Å². The molecule has 1 aliphatic heterocycles. The van der Waals surface area contributed by atoms with Crippen LogP contribution in [0, 0.1) is 5.92 Å². The molecule has 0 bridgehead atoms. The highest BCUT2D eigenvalue weighted by atomic mass is 35.5. The number of benzene rings is 1. The summed E-state index contributed by atoms with van der Waals surface area (Å²) in [5, 5.41) is 3.53. The predicted octanol–water partition coefficient (Wildman–Crippen LogP) is 2.93. The molecule has 1 N–H and O–H groups in total. The third kappa shape index (κ3) is 4.32. The molecule has 8 heteroatoms. The van der Waals surface area contributed by atoms with Gasteiger partial charge in [0.15, 0.2) is 0 Å². The van der Waals surface area contributed by atoms with E-state index >= 15 is 0 Å². The van der Waals surface area contributed by atoms with Crippen molar-refractivity contribution in [3.63, 3.8) is 0 Å². The summed E-state index contributed by atoms with van der Waals surface area (Å²) < 4.78 is 26.9. The molecule has 1 saturated heterocycles. The van der Waals surface area contributed by atoms with Gasteiger partial charge in [0, 0.05) is 37.2 Å². The van der Waals surface area contributed by atoms with Gasteiger partial charge in [0.1, 0.15) is 0 Å². The molecule has 26 heavy (non-hydrogen) atoms. The predicted molar refractivity (Wildman–Crippen MR) is 102 cm³/mol. The van der Waals surface area contributed by atoms with Crippen LogP contribution in [0.4, 0.5) is 4.79 Å². The van der Waals surface area contributed by atoms with Gasteiger partial charge in [0.25, 0.3) is 0 Å². The zero-order valence-corrected chi connectivity index (χ0v) is 16.6. The first-order valence-electron chi connectivity index (χ1n) is 9.19. The van der Waals surface area contributed by atoms with Crippen molar-refractivity contribution in [2.45, 2.75) is 43.5 Å². The lowest BCUT2D eigenvalue weighted by atomic mass is 9.86. The van der Waals surface area contributed by atoms with Crippen LogP contribution in [-0.2, 0) is 10.0 Å². The van der Waals surface area contributed by atoms with Crippen LogP contribution >= 0.6 is 11.6 Å². The first kappa shape index (κ1) is 19.5. The van der Waals surface area contributed by atoms with Gasteiger partial charge in [-0.15, -0.1) is 0 Å². The van der Waals surface area contributed by atoms with E-state index in [9.17, 15) is 13.2 Å². The lowest BCUT2D eigenvalue weighted by Crippen LogP contribution is -2.55. The molecule has 1 aromatic carbocycles. The van der Waals surface area contributed by atoms with E-state index in [2.05, 4.69) is 12.2 Å². The van der Waals surface area contributed by atoms with Crippen molar-refractivity contribution in [3.05, 3.63) is 29.3 Å². The van der Waals surface area contributed by atoms with Crippen LogP contribution in [-0.4, -0.2) is 55.9 Å². The highest BCUT2D eigenvalue weighted by Gasteiger charge is 2.31. The molecule has 1 saturated carbocycles. The van der Waals surface area contributed by atoms with Crippen LogP contribution in [0.15, 0.2) is 29.2 Å². The number of carbonyl (C=O) groups is 1. The first-order chi connectivity index (χ1) is 12.4. The van der Waals surface area contributed by atoms with Gasteiger partial charge in [-0.05, 0) is 37.0 Å². The second-order valence-corrected chi connectivity index (χ2v) is 9.54. The van der Waals surface area contributed by atoms with E-state index in [4.69, 9.17) is 11.6 Å². The minimum absolute atomic E-state index is 0.0800. The largest absolute Gasteiger partial charge is 0.335 e. The minimum atomic E-state index is -3.58. The summed E-state index contributed by atoms with van der Waals surface area (Å²) in [4.78, 5) is 14.4. The maximum atomic E-state index is 12.7. The van der Waals surface area contributed by atoms with Crippen molar-refractivity contribution < 1.29 is 13.2 Å². The molecule has 6 nitrogen and oxygen atoms in total. The summed E-state index contributed by atoms with van der Waals surface area (Å²) >= 11 is 5.91. The Balaban J connectivity index is 1.57. The van der Waals surface area contributed by atoms with Gasteiger partial charge in [0.2, 0.25) is 10.0 Å². The molecule has 1 aromatic rings. The quantitative estimate of drug-likeness (QED) is 0.849. The van der Waals surface area contributed by atoms with Crippen LogP contribution in [0.5, 0.6) is 0 Å². The topological polar surface area (TPSA) is 69.7 Å². The van der Waals surface area contributed by atoms with Gasteiger partial charge in [-0.2, -0.15) is 4.31 Å². The molecular formula is C18H26ClN3O3S. The summed E-state index contributed by atoms with van der Waals surface area (Å²) in [5.41, 5.74) is 0. The van der Waals surface area contributed by atoms with Gasteiger partial charge in [-0.1, -0.05) is 37.4 Å². The number of halogens is 1. The number of nitrogens with one attached hydrogen (secondary N) is 1. The van der Waals surface area contributed by atoms with E-state index < -0.39 is 10.0 Å². The Hall–Kier alpha value is -1.31. The Morgan fingerprint density at radius 1 is 1.15 bits per heavy atom. The van der Waals surface area contributed by atoms with Crippen LogP contribution in [0.2, 0.25) is 5.02 Å². The lowest BCUT2D eigenvalue weighted by Gasteiger charge is -2.36. The molecule has 2 atom stereocenters. The number of carbonyl (C=O) groups excluding carboxylic acids is 1. The van der Waals surface area contributed by atoms with Crippen molar-refractivity contribution in [2.75, 3.05) is 26.2 Å². The van der Waals surface area contributed by atoms with E-state index in [1.54, 1.807) is 23.1 Å². The number of piperazine rings is 1. The smallest absolute Gasteiger partial charge is 0.317 e. The molecule has 0 radical (unpaired) electrons. The molecule has 1 heterocycles. The van der Waals surface area contributed by atoms with Crippen molar-refractivity contribution in [1.82, 2.24) is 14.5 Å². The van der Waals surface area contributed by atoms with Crippen molar-refractivity contribution in [3.8, 4) is 0 Å². The Labute approximate surface area is 160 Å². The number of urea groups is 1. The zero-order valence-electron chi connectivity index (χ0n) is 15.0. The number of rotatable bonds is 3. The average molecular weight is 400 g/mol. The Morgan fingerprint density at radius 3 is 2.50 bits per heavy atom. The maximum Gasteiger partial charge on any atom is 0.317 e. The van der Waals surface area contributed by atoms with Crippen molar-refractivity contribution in [1.29, 1.82) is 0 Å². The van der Waals surface area contributed by atoms with Crippen LogP contribution in [0.1, 0.15) is 32.6 Å². The van der Waals surface area contributed by atoms with Gasteiger partial charge in [-0.25, -0.2) is 13.2 Å². The molecule has 2 fully saturated rings. The molecule has 2 amide bonds. The monoisotopic (exact) mass is 399 g/mol. The maximum absolute atomic E-state index is 12.7. The standard InChI is InChI=1S/C18H26ClN3O3S/c1-14-5-2-3-8-17(14)20-18(23)21-9-11-22(12-10-21)26(24,25)16-7-4-6-15(19)13-16/h4,6-7,13-14,17H,2-3,5,8-12H2,1H3,(H,20,23)/t14-,17-/m1/s1. The second kappa shape index (κ2) is 8.15. The van der Waals surface area contributed by atoms with E-state index in [1.807, 2.05) is 0 Å². The molecule has 1 aliphatic carbocycles. The molecule has 0 unspecified atom stereocenters. The minimum Gasteiger partial charge on any atom is -0.335 e. The molecule has 144 valence electrons. The van der Waals surface area contributed by atoms with Crippen molar-refractivity contribution >= 4 is 27.7 Å². The number of nitrogens with zero attached hydrogens (tertiary/aromatic N) is 2. The third-order valence-electron chi connectivity index (χ3n) is 5.38. The summed E-state index contributed by atoms with van der Waals surface area (Å²) in [6.07, 6.45) is 4.56. The Bertz CT molecular complexity index is 748. The highest BCUT2D eigenvalue weighted by molar-refractivity contribution is 7.89. The van der Waals surface area contributed by atoms with E-state index in [0.29, 0.717) is 37.1 Å².